The fourth-order valence-corrected chi connectivity index (χ4v) is 3.22. The van der Waals surface area contributed by atoms with Crippen LogP contribution in [0.3, 0.4) is 0 Å². The summed E-state index contributed by atoms with van der Waals surface area (Å²) in [6.45, 7) is 4.44. The van der Waals surface area contributed by atoms with E-state index in [1.165, 1.54) is 11.3 Å². The van der Waals surface area contributed by atoms with Crippen LogP contribution in [-0.2, 0) is 6.54 Å². The predicted octanol–water partition coefficient (Wildman–Crippen LogP) is 4.66. The molecule has 26 heavy (non-hydrogen) atoms. The second kappa shape index (κ2) is 9.53. The van der Waals surface area contributed by atoms with Crippen molar-refractivity contribution in [1.82, 2.24) is 5.32 Å². The van der Waals surface area contributed by atoms with E-state index in [0.717, 1.165) is 16.0 Å². The van der Waals surface area contributed by atoms with Gasteiger partial charge in [-0.3, -0.25) is 10.2 Å². The molecule has 1 amide bonds. The van der Waals surface area contributed by atoms with Gasteiger partial charge in [-0.1, -0.05) is 68.4 Å². The largest absolute Gasteiger partial charge is 0.384 e. The highest BCUT2D eigenvalue weighted by atomic mass is 32.1. The molecule has 0 fully saturated rings. The van der Waals surface area contributed by atoms with E-state index in [1.807, 2.05) is 68.4 Å². The van der Waals surface area contributed by atoms with E-state index in [0.29, 0.717) is 17.0 Å². The summed E-state index contributed by atoms with van der Waals surface area (Å²) in [6.07, 6.45) is 0. The molecular formula is C21H23N3OS. The minimum Gasteiger partial charge on any atom is -0.384 e. The Balaban J connectivity index is 0.00000117. The van der Waals surface area contributed by atoms with Crippen LogP contribution >= 0.6 is 11.3 Å². The van der Waals surface area contributed by atoms with E-state index in [-0.39, 0.29) is 11.7 Å². The van der Waals surface area contributed by atoms with Gasteiger partial charge in [0.1, 0.15) is 5.84 Å². The lowest BCUT2D eigenvalue weighted by Crippen LogP contribution is -2.21. The normalized spacial score (nSPS) is 9.77. The maximum atomic E-state index is 12.3. The fourth-order valence-electron chi connectivity index (χ4n) is 2.29. The van der Waals surface area contributed by atoms with Gasteiger partial charge in [0.15, 0.2) is 0 Å². The number of amidine groups is 1. The molecule has 0 saturated carbocycles. The monoisotopic (exact) mass is 365 g/mol. The first kappa shape index (κ1) is 19.4. The first-order valence-corrected chi connectivity index (χ1v) is 9.32. The van der Waals surface area contributed by atoms with Gasteiger partial charge in [-0.15, -0.1) is 11.3 Å². The van der Waals surface area contributed by atoms with Crippen LogP contribution in [-0.4, -0.2) is 11.7 Å². The molecule has 4 N–H and O–H groups in total. The predicted molar refractivity (Wildman–Crippen MR) is 110 cm³/mol. The number of hydrogen-bond acceptors (Lipinski definition) is 3. The minimum absolute atomic E-state index is 0.0395. The molecule has 5 heteroatoms. The van der Waals surface area contributed by atoms with E-state index >= 15 is 0 Å². The van der Waals surface area contributed by atoms with E-state index in [4.69, 9.17) is 11.1 Å². The molecule has 0 radical (unpaired) electrons. The summed E-state index contributed by atoms with van der Waals surface area (Å²) in [5.74, 6) is -0.0459. The molecule has 134 valence electrons. The van der Waals surface area contributed by atoms with Crippen molar-refractivity contribution in [3.05, 3.63) is 82.7 Å². The zero-order valence-electron chi connectivity index (χ0n) is 15.0. The Kier molecular flexibility index (Phi) is 7.12. The highest BCUT2D eigenvalue weighted by Crippen LogP contribution is 2.27. The summed E-state index contributed by atoms with van der Waals surface area (Å²) in [7, 11) is 0. The minimum atomic E-state index is -0.0853. The highest BCUT2D eigenvalue weighted by Gasteiger charge is 2.10. The Morgan fingerprint density at radius 3 is 2.27 bits per heavy atom. The van der Waals surface area contributed by atoms with Crippen molar-refractivity contribution in [3.63, 3.8) is 0 Å². The summed E-state index contributed by atoms with van der Waals surface area (Å²) in [5, 5.41) is 10.3. The second-order valence-corrected chi connectivity index (χ2v) is 6.41. The van der Waals surface area contributed by atoms with Crippen molar-refractivity contribution in [1.29, 1.82) is 5.41 Å². The van der Waals surface area contributed by atoms with Gasteiger partial charge in [-0.05, 0) is 23.3 Å². The number of nitrogen functional groups attached to an aromatic ring is 1. The molecule has 0 aliphatic rings. The number of rotatable bonds is 5. The number of amides is 1. The van der Waals surface area contributed by atoms with E-state index in [9.17, 15) is 4.79 Å². The summed E-state index contributed by atoms with van der Waals surface area (Å²) in [5.41, 5.74) is 8.18. The third-order valence-electron chi connectivity index (χ3n) is 3.61. The Morgan fingerprint density at radius 1 is 1.00 bits per heavy atom. The number of nitrogens with one attached hydrogen (secondary N) is 2. The van der Waals surface area contributed by atoms with E-state index < -0.39 is 0 Å². The fraction of sp³-hybridized carbons (Fsp3) is 0.143. The van der Waals surface area contributed by atoms with Gasteiger partial charge in [-0.25, -0.2) is 0 Å². The lowest BCUT2D eigenvalue weighted by atomic mass is 10.1. The third-order valence-corrected chi connectivity index (χ3v) is 4.74. The summed E-state index contributed by atoms with van der Waals surface area (Å²) in [6, 6.07) is 21.1. The molecule has 0 aliphatic carbocycles. The van der Waals surface area contributed by atoms with Crippen molar-refractivity contribution in [2.24, 2.45) is 5.73 Å². The van der Waals surface area contributed by atoms with Gasteiger partial charge >= 0.3 is 0 Å². The maximum Gasteiger partial charge on any atom is 0.261 e. The molecule has 0 aliphatic heterocycles. The lowest BCUT2D eigenvalue weighted by molar-refractivity contribution is 0.0955. The van der Waals surface area contributed by atoms with Gasteiger partial charge in [0.05, 0.1) is 4.88 Å². The average molecular weight is 366 g/mol. The molecular weight excluding hydrogens is 342 g/mol. The molecule has 1 aromatic heterocycles. The van der Waals surface area contributed by atoms with Crippen molar-refractivity contribution in [2.75, 3.05) is 0 Å². The maximum absolute atomic E-state index is 12.3. The van der Waals surface area contributed by atoms with E-state index in [2.05, 4.69) is 5.32 Å². The zero-order valence-corrected chi connectivity index (χ0v) is 15.8. The number of carbonyl (C=O) groups excluding carboxylic acids is 1. The Bertz CT molecular complexity index is 854. The quantitative estimate of drug-likeness (QED) is 0.454. The van der Waals surface area contributed by atoms with Crippen LogP contribution in [0.15, 0.2) is 66.7 Å². The van der Waals surface area contributed by atoms with Gasteiger partial charge in [0, 0.05) is 17.0 Å². The molecule has 0 spiro atoms. The highest BCUT2D eigenvalue weighted by molar-refractivity contribution is 7.17. The Morgan fingerprint density at radius 2 is 1.65 bits per heavy atom. The van der Waals surface area contributed by atoms with Gasteiger partial charge in [0.2, 0.25) is 0 Å². The molecule has 3 aromatic rings. The number of thiophene rings is 1. The van der Waals surface area contributed by atoms with E-state index in [1.54, 1.807) is 12.1 Å². The van der Waals surface area contributed by atoms with Crippen LogP contribution in [0, 0.1) is 5.41 Å². The molecule has 0 atom stereocenters. The number of hydrogen-bond donors (Lipinski definition) is 3. The van der Waals surface area contributed by atoms with Crippen LogP contribution in [0.1, 0.15) is 34.6 Å². The SMILES string of the molecule is CC.N=C(N)c1ccc(CNC(=O)c2ccc(-c3ccccc3)s2)cc1. The lowest BCUT2D eigenvalue weighted by Gasteiger charge is -2.05. The van der Waals surface area contributed by atoms with Crippen molar-refractivity contribution < 1.29 is 4.79 Å². The number of carbonyl (C=O) groups is 1. The average Bonchev–Trinajstić information content (AvgIpc) is 3.19. The number of benzene rings is 2. The van der Waals surface area contributed by atoms with Gasteiger partial charge in [0.25, 0.3) is 5.91 Å². The summed E-state index contributed by atoms with van der Waals surface area (Å²) in [4.78, 5) is 14.0. The van der Waals surface area contributed by atoms with Crippen molar-refractivity contribution >= 4 is 23.1 Å². The Hall–Kier alpha value is -2.92. The van der Waals surface area contributed by atoms with Crippen molar-refractivity contribution in [2.45, 2.75) is 20.4 Å². The first-order chi connectivity index (χ1) is 12.6. The van der Waals surface area contributed by atoms with Crippen LogP contribution in [0.4, 0.5) is 0 Å². The van der Waals surface area contributed by atoms with Crippen LogP contribution < -0.4 is 11.1 Å². The van der Waals surface area contributed by atoms with Crippen LogP contribution in [0.2, 0.25) is 0 Å². The molecule has 4 nitrogen and oxygen atoms in total. The van der Waals surface area contributed by atoms with Gasteiger partial charge in [-0.2, -0.15) is 0 Å². The standard InChI is InChI=1S/C19H17N3OS.C2H6/c20-18(21)15-8-6-13(7-9-15)12-22-19(23)17-11-10-16(24-17)14-4-2-1-3-5-14;1-2/h1-11H,12H2,(H3,20,21)(H,22,23);1-2H3. The van der Waals surface area contributed by atoms with Crippen LogP contribution in [0.25, 0.3) is 10.4 Å². The smallest absolute Gasteiger partial charge is 0.261 e. The Labute approximate surface area is 158 Å². The molecule has 0 bridgehead atoms. The molecule has 2 aromatic carbocycles. The topological polar surface area (TPSA) is 79.0 Å². The molecule has 3 rings (SSSR count). The summed E-state index contributed by atoms with van der Waals surface area (Å²) < 4.78 is 0. The summed E-state index contributed by atoms with van der Waals surface area (Å²) >= 11 is 1.48. The first-order valence-electron chi connectivity index (χ1n) is 8.50. The third kappa shape index (κ3) is 5.04. The molecule has 0 unspecified atom stereocenters. The van der Waals surface area contributed by atoms with Gasteiger partial charge < -0.3 is 11.1 Å². The molecule has 1 heterocycles. The van der Waals surface area contributed by atoms with Crippen molar-refractivity contribution in [3.8, 4) is 10.4 Å². The zero-order chi connectivity index (χ0) is 18.9. The number of nitrogens with two attached hydrogens (primary N) is 1. The second-order valence-electron chi connectivity index (χ2n) is 5.32. The molecule has 0 saturated heterocycles. The van der Waals surface area contributed by atoms with Crippen LogP contribution in [0.5, 0.6) is 0 Å².